The van der Waals surface area contributed by atoms with Gasteiger partial charge in [0.25, 0.3) is 0 Å². The number of anilines is 2. The normalized spacial score (nSPS) is 24.0. The molecule has 0 unspecified atom stereocenters. The van der Waals surface area contributed by atoms with Crippen LogP contribution in [0, 0.1) is 0 Å². The molecule has 1 saturated heterocycles. The molecule has 0 aliphatic carbocycles. The Labute approximate surface area is 179 Å². The second-order valence-corrected chi connectivity index (χ2v) is 8.12. The third kappa shape index (κ3) is 3.27. The maximum atomic E-state index is 10.6. The first-order valence-corrected chi connectivity index (χ1v) is 10.2. The van der Waals surface area contributed by atoms with Crippen LogP contribution >= 0.6 is 15.9 Å². The Kier molecular flexibility index (Phi) is 4.78. The Morgan fingerprint density at radius 2 is 2.00 bits per heavy atom. The monoisotopic (exact) mass is 470 g/mol. The number of aromatic nitrogens is 4. The van der Waals surface area contributed by atoms with Crippen molar-refractivity contribution in [3.05, 3.63) is 53.5 Å². The number of nitrogen functional groups attached to an aromatic ring is 1. The molecular weight excluding hydrogens is 452 g/mol. The molecule has 9 nitrogen and oxygen atoms in total. The second kappa shape index (κ2) is 7.47. The van der Waals surface area contributed by atoms with E-state index in [1.54, 1.807) is 23.0 Å². The minimum Gasteiger partial charge on any atom is -0.387 e. The van der Waals surface area contributed by atoms with Crippen molar-refractivity contribution in [2.24, 2.45) is 0 Å². The SMILES string of the molecule is Nc1ncnc2c1ccn2[C@@H]1O[C@H](CNc2ccc3cc(Br)cnc3c2)[C@@H](O)[C@H]1O. The number of aliphatic hydroxyl groups is 2. The summed E-state index contributed by atoms with van der Waals surface area (Å²) in [4.78, 5) is 12.6. The van der Waals surface area contributed by atoms with Gasteiger partial charge >= 0.3 is 0 Å². The fraction of sp³-hybridized carbons (Fsp3) is 0.250. The van der Waals surface area contributed by atoms with Crippen molar-refractivity contribution in [1.29, 1.82) is 0 Å². The Hall–Kier alpha value is -2.79. The molecule has 0 radical (unpaired) electrons. The average molecular weight is 471 g/mol. The molecule has 30 heavy (non-hydrogen) atoms. The highest BCUT2D eigenvalue weighted by Crippen LogP contribution is 2.33. The highest BCUT2D eigenvalue weighted by atomic mass is 79.9. The lowest BCUT2D eigenvalue weighted by Gasteiger charge is -2.17. The number of hydrogen-bond donors (Lipinski definition) is 4. The molecule has 4 heterocycles. The van der Waals surface area contributed by atoms with Gasteiger partial charge in [-0.25, -0.2) is 9.97 Å². The molecule has 0 spiro atoms. The molecular formula is C20H19BrN6O3. The predicted octanol–water partition coefficient (Wildman–Crippen LogP) is 2.06. The van der Waals surface area contributed by atoms with Crippen LogP contribution in [0.25, 0.3) is 21.9 Å². The molecule has 5 rings (SSSR count). The minimum atomic E-state index is -1.11. The summed E-state index contributed by atoms with van der Waals surface area (Å²) in [5, 5.41) is 26.0. The molecule has 5 N–H and O–H groups in total. The summed E-state index contributed by atoms with van der Waals surface area (Å²) in [6.07, 6.45) is 1.25. The number of rotatable bonds is 4. The van der Waals surface area contributed by atoms with Crippen LogP contribution in [0.4, 0.5) is 11.5 Å². The average Bonchev–Trinajstić information content (AvgIpc) is 3.29. The van der Waals surface area contributed by atoms with Gasteiger partial charge in [-0.2, -0.15) is 0 Å². The van der Waals surface area contributed by atoms with Crippen LogP contribution in [-0.2, 0) is 4.74 Å². The van der Waals surface area contributed by atoms with Crippen LogP contribution in [0.15, 0.2) is 53.5 Å². The highest BCUT2D eigenvalue weighted by molar-refractivity contribution is 9.10. The second-order valence-electron chi connectivity index (χ2n) is 7.21. The molecule has 154 valence electrons. The van der Waals surface area contributed by atoms with Gasteiger partial charge in [0.2, 0.25) is 0 Å². The van der Waals surface area contributed by atoms with Crippen molar-refractivity contribution in [1.82, 2.24) is 19.5 Å². The van der Waals surface area contributed by atoms with E-state index in [-0.39, 0.29) is 0 Å². The largest absolute Gasteiger partial charge is 0.387 e. The van der Waals surface area contributed by atoms with E-state index < -0.39 is 24.5 Å². The molecule has 1 aliphatic heterocycles. The van der Waals surface area contributed by atoms with E-state index in [9.17, 15) is 10.2 Å². The van der Waals surface area contributed by atoms with Gasteiger partial charge in [0, 0.05) is 34.5 Å². The van der Waals surface area contributed by atoms with Crippen molar-refractivity contribution in [3.8, 4) is 0 Å². The molecule has 1 aromatic carbocycles. The minimum absolute atomic E-state index is 0.313. The number of halogens is 1. The van der Waals surface area contributed by atoms with Crippen LogP contribution in [-0.4, -0.2) is 54.6 Å². The van der Waals surface area contributed by atoms with Crippen molar-refractivity contribution >= 4 is 49.4 Å². The van der Waals surface area contributed by atoms with E-state index in [0.29, 0.717) is 23.4 Å². The van der Waals surface area contributed by atoms with Gasteiger partial charge in [0.1, 0.15) is 36.1 Å². The summed E-state index contributed by atoms with van der Waals surface area (Å²) in [5.41, 5.74) is 8.12. The van der Waals surface area contributed by atoms with E-state index >= 15 is 0 Å². The number of aliphatic hydroxyl groups excluding tert-OH is 2. The lowest BCUT2D eigenvalue weighted by Crippen LogP contribution is -2.35. The summed E-state index contributed by atoms with van der Waals surface area (Å²) in [5.74, 6) is 0.349. The van der Waals surface area contributed by atoms with E-state index in [1.807, 2.05) is 24.3 Å². The Morgan fingerprint density at radius 1 is 1.13 bits per heavy atom. The van der Waals surface area contributed by atoms with Gasteiger partial charge in [-0.1, -0.05) is 6.07 Å². The quantitative estimate of drug-likeness (QED) is 0.356. The van der Waals surface area contributed by atoms with E-state index in [0.717, 1.165) is 21.1 Å². The Morgan fingerprint density at radius 3 is 2.87 bits per heavy atom. The number of hydrogen-bond acceptors (Lipinski definition) is 8. The van der Waals surface area contributed by atoms with Crippen molar-refractivity contribution in [3.63, 3.8) is 0 Å². The molecule has 0 bridgehead atoms. The van der Waals surface area contributed by atoms with Gasteiger partial charge in [0.05, 0.1) is 10.9 Å². The third-order valence-electron chi connectivity index (χ3n) is 5.31. The Balaban J connectivity index is 1.33. The van der Waals surface area contributed by atoms with Crippen molar-refractivity contribution in [2.45, 2.75) is 24.5 Å². The first-order valence-electron chi connectivity index (χ1n) is 9.39. The zero-order valence-electron chi connectivity index (χ0n) is 15.7. The van der Waals surface area contributed by atoms with E-state index in [2.05, 4.69) is 36.2 Å². The first-order chi connectivity index (χ1) is 14.5. The fourth-order valence-electron chi connectivity index (χ4n) is 3.75. The summed E-state index contributed by atoms with van der Waals surface area (Å²) in [7, 11) is 0. The number of ether oxygens (including phenoxy) is 1. The lowest BCUT2D eigenvalue weighted by molar-refractivity contribution is -0.0309. The summed E-state index contributed by atoms with van der Waals surface area (Å²) < 4.78 is 8.57. The topological polar surface area (TPSA) is 131 Å². The molecule has 3 aromatic heterocycles. The van der Waals surface area contributed by atoms with Crippen LogP contribution in [0.3, 0.4) is 0 Å². The van der Waals surface area contributed by atoms with Crippen LogP contribution in [0.5, 0.6) is 0 Å². The standard InChI is InChI=1S/C20H19BrN6O3/c21-11-5-10-1-2-12(6-14(10)24-7-11)23-8-15-16(28)17(29)20(30-15)27-4-3-13-18(22)25-9-26-19(13)27/h1-7,9,15-17,20,23,28-29H,8H2,(H2,22,25,26)/t15-,16-,17-,20-/m1/s1. The van der Waals surface area contributed by atoms with Gasteiger partial charge in [-0.15, -0.1) is 0 Å². The molecule has 4 aromatic rings. The van der Waals surface area contributed by atoms with E-state index in [1.165, 1.54) is 6.33 Å². The van der Waals surface area contributed by atoms with Gasteiger partial charge < -0.3 is 30.6 Å². The van der Waals surface area contributed by atoms with Crippen LogP contribution in [0.1, 0.15) is 6.23 Å². The van der Waals surface area contributed by atoms with Crippen molar-refractivity contribution in [2.75, 3.05) is 17.6 Å². The zero-order chi connectivity index (χ0) is 20.8. The maximum absolute atomic E-state index is 10.6. The van der Waals surface area contributed by atoms with E-state index in [4.69, 9.17) is 10.5 Å². The lowest BCUT2D eigenvalue weighted by atomic mass is 10.1. The van der Waals surface area contributed by atoms with Crippen LogP contribution < -0.4 is 11.1 Å². The summed E-state index contributed by atoms with van der Waals surface area (Å²) >= 11 is 3.42. The molecule has 10 heteroatoms. The van der Waals surface area contributed by atoms with Crippen LogP contribution in [0.2, 0.25) is 0 Å². The smallest absolute Gasteiger partial charge is 0.164 e. The predicted molar refractivity (Wildman–Crippen MR) is 116 cm³/mol. The van der Waals surface area contributed by atoms with Crippen molar-refractivity contribution < 1.29 is 14.9 Å². The third-order valence-corrected chi connectivity index (χ3v) is 5.74. The number of nitrogens with zero attached hydrogens (tertiary/aromatic N) is 4. The maximum Gasteiger partial charge on any atom is 0.164 e. The summed E-state index contributed by atoms with van der Waals surface area (Å²) in [6.45, 7) is 0.313. The molecule has 1 fully saturated rings. The first kappa shape index (κ1) is 19.2. The number of fused-ring (bicyclic) bond motifs is 2. The highest BCUT2D eigenvalue weighted by Gasteiger charge is 2.44. The fourth-order valence-corrected chi connectivity index (χ4v) is 4.10. The van der Waals surface area contributed by atoms with Gasteiger partial charge in [0.15, 0.2) is 6.23 Å². The molecule has 0 amide bonds. The Bertz CT molecular complexity index is 1230. The number of benzene rings is 1. The molecule has 0 saturated carbocycles. The van der Waals surface area contributed by atoms with Gasteiger partial charge in [-0.3, -0.25) is 4.98 Å². The molecule has 1 aliphatic rings. The number of nitrogens with two attached hydrogens (primary N) is 1. The van der Waals surface area contributed by atoms with Gasteiger partial charge in [-0.05, 0) is 40.2 Å². The number of nitrogens with one attached hydrogen (secondary N) is 1. The molecule has 4 atom stereocenters. The summed E-state index contributed by atoms with van der Waals surface area (Å²) in [6, 6.07) is 9.59. The zero-order valence-corrected chi connectivity index (χ0v) is 17.3. The number of pyridine rings is 1.